The number of thiophene rings is 1. The van der Waals surface area contributed by atoms with E-state index in [4.69, 9.17) is 4.74 Å². The number of rotatable bonds is 10. The highest BCUT2D eigenvalue weighted by molar-refractivity contribution is 8.00. The quantitative estimate of drug-likeness (QED) is 0.133. The lowest BCUT2D eigenvalue weighted by molar-refractivity contribution is -0.115. The molecule has 8 nitrogen and oxygen atoms in total. The van der Waals surface area contributed by atoms with Crippen LogP contribution in [-0.2, 0) is 9.53 Å². The second kappa shape index (κ2) is 13.9. The minimum atomic E-state index is -0.664. The maximum Gasteiger partial charge on any atom is 0.341 e. The number of methoxy groups -OCH3 is 1. The third-order valence-electron chi connectivity index (χ3n) is 6.15. The summed E-state index contributed by atoms with van der Waals surface area (Å²) in [7, 11) is 1.24. The Morgan fingerprint density at radius 3 is 2.21 bits per heavy atom. The predicted octanol–water partition coefficient (Wildman–Crippen LogP) is 7.00. The summed E-state index contributed by atoms with van der Waals surface area (Å²) in [4.78, 5) is 52.6. The number of amides is 3. The number of nitrogens with one attached hydrogen (secondary N) is 3. The van der Waals surface area contributed by atoms with E-state index in [2.05, 4.69) is 16.0 Å². The zero-order valence-electron chi connectivity index (χ0n) is 23.0. The van der Waals surface area contributed by atoms with Crippen molar-refractivity contribution < 1.29 is 28.3 Å². The summed E-state index contributed by atoms with van der Waals surface area (Å²) in [6.45, 7) is 3.49. The van der Waals surface area contributed by atoms with Crippen LogP contribution in [0, 0.1) is 12.7 Å². The molecule has 216 valence electrons. The molecular weight excluding hydrogens is 577 g/mol. The fourth-order valence-corrected chi connectivity index (χ4v) is 6.11. The number of benzene rings is 3. The summed E-state index contributed by atoms with van der Waals surface area (Å²) in [6.07, 6.45) is 0.460. The Hall–Kier alpha value is -4.48. The standard InChI is InChI=1S/C31H28FN3O5S2/c1-4-24(41-23-12-8-11-22(17-23)34-27(36)19-13-15-20(32)16-14-19)28(37)35-30-25(31(39)40-3)18(2)26(42-30)29(38)33-21-9-6-5-7-10-21/h5-17,24H,4H2,1-3H3,(H,33,38)(H,34,36)(H,35,37). The molecule has 4 rings (SSSR count). The molecule has 0 saturated carbocycles. The van der Waals surface area contributed by atoms with E-state index in [0.717, 1.165) is 16.2 Å². The van der Waals surface area contributed by atoms with Gasteiger partial charge in [0.05, 0.1) is 22.8 Å². The topological polar surface area (TPSA) is 114 Å². The van der Waals surface area contributed by atoms with E-state index >= 15 is 0 Å². The summed E-state index contributed by atoms with van der Waals surface area (Å²) < 4.78 is 18.1. The fourth-order valence-electron chi connectivity index (χ4n) is 4.01. The molecule has 1 heterocycles. The molecule has 0 spiro atoms. The molecule has 42 heavy (non-hydrogen) atoms. The van der Waals surface area contributed by atoms with Crippen LogP contribution in [0.5, 0.6) is 0 Å². The molecule has 3 amide bonds. The molecule has 0 bridgehead atoms. The lowest BCUT2D eigenvalue weighted by atomic mass is 10.1. The average molecular weight is 606 g/mol. The van der Waals surface area contributed by atoms with Gasteiger partial charge in [0, 0.05) is 21.8 Å². The van der Waals surface area contributed by atoms with Gasteiger partial charge < -0.3 is 20.7 Å². The van der Waals surface area contributed by atoms with Crippen LogP contribution in [0.2, 0.25) is 0 Å². The van der Waals surface area contributed by atoms with Gasteiger partial charge in [0.2, 0.25) is 5.91 Å². The van der Waals surface area contributed by atoms with Gasteiger partial charge in [-0.3, -0.25) is 14.4 Å². The highest BCUT2D eigenvalue weighted by Crippen LogP contribution is 2.36. The first-order valence-corrected chi connectivity index (χ1v) is 14.6. The predicted molar refractivity (Wildman–Crippen MR) is 164 cm³/mol. The van der Waals surface area contributed by atoms with Gasteiger partial charge in [0.15, 0.2) is 0 Å². The van der Waals surface area contributed by atoms with E-state index in [0.29, 0.717) is 28.9 Å². The minimum absolute atomic E-state index is 0.124. The fraction of sp³-hybridized carbons (Fsp3) is 0.161. The summed E-state index contributed by atoms with van der Waals surface area (Å²) in [5, 5.41) is 8.08. The Balaban J connectivity index is 1.49. The number of carbonyl (C=O) groups is 4. The van der Waals surface area contributed by atoms with Crippen molar-refractivity contribution >= 4 is 63.2 Å². The highest BCUT2D eigenvalue weighted by Gasteiger charge is 2.28. The number of halogens is 1. The van der Waals surface area contributed by atoms with Crippen molar-refractivity contribution in [2.75, 3.05) is 23.1 Å². The van der Waals surface area contributed by atoms with E-state index in [1.54, 1.807) is 49.4 Å². The maximum atomic E-state index is 13.4. The molecular formula is C31H28FN3O5S2. The van der Waals surface area contributed by atoms with Gasteiger partial charge in [-0.2, -0.15) is 0 Å². The molecule has 3 N–H and O–H groups in total. The van der Waals surface area contributed by atoms with Crippen molar-refractivity contribution in [3.8, 4) is 0 Å². The van der Waals surface area contributed by atoms with E-state index in [-0.39, 0.29) is 21.3 Å². The van der Waals surface area contributed by atoms with Gasteiger partial charge in [-0.1, -0.05) is 31.2 Å². The smallest absolute Gasteiger partial charge is 0.341 e. The van der Waals surface area contributed by atoms with E-state index < -0.39 is 28.9 Å². The molecule has 0 aliphatic heterocycles. The van der Waals surface area contributed by atoms with Crippen LogP contribution < -0.4 is 16.0 Å². The van der Waals surface area contributed by atoms with Gasteiger partial charge in [-0.05, 0) is 73.5 Å². The average Bonchev–Trinajstić information content (AvgIpc) is 3.31. The van der Waals surface area contributed by atoms with Crippen molar-refractivity contribution in [2.45, 2.75) is 30.4 Å². The summed E-state index contributed by atoms with van der Waals surface area (Å²) in [5.41, 5.74) is 1.95. The number of thioether (sulfide) groups is 1. The number of carbonyl (C=O) groups excluding carboxylic acids is 4. The van der Waals surface area contributed by atoms with E-state index in [9.17, 15) is 23.6 Å². The van der Waals surface area contributed by atoms with Gasteiger partial charge in [0.1, 0.15) is 10.8 Å². The Kier molecular flexibility index (Phi) is 10.1. The lowest BCUT2D eigenvalue weighted by Gasteiger charge is -2.15. The molecule has 0 saturated heterocycles. The SMILES string of the molecule is CCC(Sc1cccc(NC(=O)c2ccc(F)cc2)c1)C(=O)Nc1sc(C(=O)Nc2ccccc2)c(C)c1C(=O)OC. The molecule has 0 fully saturated rings. The zero-order chi connectivity index (χ0) is 30.2. The van der Waals surface area contributed by atoms with Gasteiger partial charge >= 0.3 is 5.97 Å². The summed E-state index contributed by atoms with van der Waals surface area (Å²) in [6, 6.07) is 21.1. The molecule has 0 aliphatic rings. The molecule has 4 aromatic rings. The lowest BCUT2D eigenvalue weighted by Crippen LogP contribution is -2.25. The van der Waals surface area contributed by atoms with E-state index in [1.165, 1.54) is 43.1 Å². The summed E-state index contributed by atoms with van der Waals surface area (Å²) >= 11 is 2.29. The molecule has 1 aromatic heterocycles. The minimum Gasteiger partial charge on any atom is -0.465 e. The first-order valence-electron chi connectivity index (χ1n) is 12.9. The first-order chi connectivity index (χ1) is 20.2. The van der Waals surface area contributed by atoms with Crippen LogP contribution in [0.1, 0.15) is 49.3 Å². The van der Waals surface area contributed by atoms with Crippen molar-refractivity contribution in [2.24, 2.45) is 0 Å². The Morgan fingerprint density at radius 1 is 0.881 bits per heavy atom. The Labute approximate surface area is 250 Å². The third kappa shape index (κ3) is 7.42. The molecule has 3 aromatic carbocycles. The molecule has 0 radical (unpaired) electrons. The van der Waals surface area contributed by atoms with Gasteiger partial charge in [0.25, 0.3) is 11.8 Å². The molecule has 1 unspecified atom stereocenters. The molecule has 11 heteroatoms. The Morgan fingerprint density at radius 2 is 1.55 bits per heavy atom. The van der Waals surface area contributed by atoms with Crippen LogP contribution in [0.15, 0.2) is 83.8 Å². The first kappa shape index (κ1) is 30.5. The number of esters is 1. The third-order valence-corrected chi connectivity index (χ3v) is 8.71. The Bertz CT molecular complexity index is 1610. The van der Waals surface area contributed by atoms with Crippen LogP contribution in [-0.4, -0.2) is 36.1 Å². The number of hydrogen-bond donors (Lipinski definition) is 3. The van der Waals surface area contributed by atoms with Crippen molar-refractivity contribution in [1.82, 2.24) is 0 Å². The van der Waals surface area contributed by atoms with Crippen molar-refractivity contribution in [3.05, 3.63) is 106 Å². The van der Waals surface area contributed by atoms with Crippen LogP contribution in [0.3, 0.4) is 0 Å². The second-order valence-corrected chi connectivity index (χ2v) is 11.4. The highest BCUT2D eigenvalue weighted by atomic mass is 32.2. The maximum absolute atomic E-state index is 13.4. The number of para-hydroxylation sites is 1. The molecule has 0 aliphatic carbocycles. The largest absolute Gasteiger partial charge is 0.465 e. The van der Waals surface area contributed by atoms with E-state index in [1.807, 2.05) is 19.1 Å². The zero-order valence-corrected chi connectivity index (χ0v) is 24.7. The summed E-state index contributed by atoms with van der Waals surface area (Å²) in [5.74, 6) is -2.25. The number of ether oxygens (including phenoxy) is 1. The normalized spacial score (nSPS) is 11.3. The van der Waals surface area contributed by atoms with Crippen LogP contribution in [0.4, 0.5) is 20.8 Å². The van der Waals surface area contributed by atoms with Gasteiger partial charge in [-0.25, -0.2) is 9.18 Å². The van der Waals surface area contributed by atoms with Crippen LogP contribution >= 0.6 is 23.1 Å². The number of anilines is 3. The van der Waals surface area contributed by atoms with Crippen molar-refractivity contribution in [1.29, 1.82) is 0 Å². The monoisotopic (exact) mass is 605 g/mol. The van der Waals surface area contributed by atoms with Crippen molar-refractivity contribution in [3.63, 3.8) is 0 Å². The van der Waals surface area contributed by atoms with Gasteiger partial charge in [-0.15, -0.1) is 23.1 Å². The number of hydrogen-bond acceptors (Lipinski definition) is 7. The van der Waals surface area contributed by atoms with Crippen LogP contribution in [0.25, 0.3) is 0 Å². The second-order valence-electron chi connectivity index (χ2n) is 9.06. The molecule has 1 atom stereocenters.